The number of aliphatic hydroxyl groups is 1. The quantitative estimate of drug-likeness (QED) is 0.432. The van der Waals surface area contributed by atoms with E-state index in [1.54, 1.807) is 31.8 Å². The number of likely N-dealkylation sites (tertiary alicyclic amines) is 1. The van der Waals surface area contributed by atoms with E-state index in [9.17, 15) is 22.8 Å². The average molecular weight is 505 g/mol. The van der Waals surface area contributed by atoms with Crippen LogP contribution in [-0.2, 0) is 20.5 Å². The fourth-order valence-electron chi connectivity index (χ4n) is 5.07. The van der Waals surface area contributed by atoms with Gasteiger partial charge in [0.05, 0.1) is 17.7 Å². The van der Waals surface area contributed by atoms with E-state index in [4.69, 9.17) is 9.84 Å². The van der Waals surface area contributed by atoms with Crippen LogP contribution in [-0.4, -0.2) is 59.4 Å². The molecular formula is C27H31F3N2O4. The van der Waals surface area contributed by atoms with Crippen molar-refractivity contribution in [3.05, 3.63) is 57.9 Å². The van der Waals surface area contributed by atoms with Gasteiger partial charge in [-0.2, -0.15) is 13.2 Å². The predicted molar refractivity (Wildman–Crippen MR) is 128 cm³/mol. The smallest absolute Gasteiger partial charge is 0.416 e. The summed E-state index contributed by atoms with van der Waals surface area (Å²) in [5.74, 6) is -0.957. The molecule has 2 aliphatic heterocycles. The fourth-order valence-corrected chi connectivity index (χ4v) is 5.07. The van der Waals surface area contributed by atoms with Crippen LogP contribution in [0.2, 0.25) is 0 Å². The van der Waals surface area contributed by atoms with E-state index >= 15 is 0 Å². The Morgan fingerprint density at radius 3 is 2.31 bits per heavy atom. The Hall–Kier alpha value is -3.25. The van der Waals surface area contributed by atoms with Crippen molar-refractivity contribution >= 4 is 11.8 Å². The Morgan fingerprint density at radius 1 is 1.06 bits per heavy atom. The lowest BCUT2D eigenvalue weighted by Gasteiger charge is -2.39. The summed E-state index contributed by atoms with van der Waals surface area (Å²) in [6, 6.07) is 4.87. The van der Waals surface area contributed by atoms with Gasteiger partial charge in [0.15, 0.2) is 0 Å². The molecule has 1 fully saturated rings. The standard InChI is InChI=1S/C27H31F3N2O4/c1-4-36-26(35)24-19(3)32(16-15-31-13-8-5-9-14-31)18(2)23(22(34)12-17-33)25(24)20-10-6-7-11-21(20)27(28,29)30/h6-7,10-11,25,33H,4-5,8-9,13-16H2,1-3H3. The molecule has 0 saturated carbocycles. The minimum absolute atomic E-state index is 0.0133. The number of hydrogen-bond donors (Lipinski definition) is 1. The third kappa shape index (κ3) is 5.76. The topological polar surface area (TPSA) is 70.1 Å². The lowest BCUT2D eigenvalue weighted by molar-refractivity contribution is -0.140. The number of nitrogens with zero attached hydrogens (tertiary/aromatic N) is 2. The van der Waals surface area contributed by atoms with Gasteiger partial charge in [-0.05, 0) is 58.3 Å². The molecule has 1 aromatic carbocycles. The number of rotatable bonds is 7. The Bertz CT molecular complexity index is 1120. The zero-order valence-electron chi connectivity index (χ0n) is 20.7. The van der Waals surface area contributed by atoms with Gasteiger partial charge >= 0.3 is 12.1 Å². The van der Waals surface area contributed by atoms with Crippen LogP contribution < -0.4 is 0 Å². The van der Waals surface area contributed by atoms with E-state index in [1.807, 2.05) is 0 Å². The van der Waals surface area contributed by atoms with E-state index in [1.165, 1.54) is 24.6 Å². The molecule has 0 radical (unpaired) electrons. The zero-order chi connectivity index (χ0) is 26.5. The maximum absolute atomic E-state index is 14.0. The van der Waals surface area contributed by atoms with Crippen molar-refractivity contribution in [3.63, 3.8) is 0 Å². The van der Waals surface area contributed by atoms with Crippen molar-refractivity contribution in [2.24, 2.45) is 0 Å². The maximum atomic E-state index is 14.0. The van der Waals surface area contributed by atoms with Crippen LogP contribution >= 0.6 is 0 Å². The highest BCUT2D eigenvalue weighted by Crippen LogP contribution is 2.46. The van der Waals surface area contributed by atoms with Gasteiger partial charge in [0, 0.05) is 41.9 Å². The number of halogens is 3. The molecule has 36 heavy (non-hydrogen) atoms. The van der Waals surface area contributed by atoms with Gasteiger partial charge in [-0.25, -0.2) is 4.79 Å². The second-order valence-electron chi connectivity index (χ2n) is 8.86. The number of hydrogen-bond acceptors (Lipinski definition) is 6. The lowest BCUT2D eigenvalue weighted by atomic mass is 9.76. The first-order valence-corrected chi connectivity index (χ1v) is 12.1. The summed E-state index contributed by atoms with van der Waals surface area (Å²) in [5.41, 5.74) is -0.501. The van der Waals surface area contributed by atoms with Crippen LogP contribution in [0.15, 0.2) is 46.8 Å². The van der Waals surface area contributed by atoms with Gasteiger partial charge in [-0.15, -0.1) is 0 Å². The summed E-state index contributed by atoms with van der Waals surface area (Å²) in [6.45, 7) is 7.87. The Kier molecular flexibility index (Phi) is 8.85. The average Bonchev–Trinajstić information content (AvgIpc) is 2.84. The van der Waals surface area contributed by atoms with Gasteiger partial charge in [-0.3, -0.25) is 4.79 Å². The molecule has 3 rings (SSSR count). The molecule has 194 valence electrons. The summed E-state index contributed by atoms with van der Waals surface area (Å²) >= 11 is 0. The highest BCUT2D eigenvalue weighted by Gasteiger charge is 2.44. The van der Waals surface area contributed by atoms with Crippen molar-refractivity contribution in [3.8, 4) is 12.0 Å². The largest absolute Gasteiger partial charge is 0.463 e. The summed E-state index contributed by atoms with van der Waals surface area (Å²) in [7, 11) is 0. The predicted octanol–water partition coefficient (Wildman–Crippen LogP) is 4.60. The molecule has 0 aliphatic carbocycles. The first-order chi connectivity index (χ1) is 17.1. The summed E-state index contributed by atoms with van der Waals surface area (Å²) in [5, 5.41) is 9.14. The number of Topliss-reactive ketones (excluding diaryl/α,β-unsaturated/α-hetero) is 1. The highest BCUT2D eigenvalue weighted by molar-refractivity contribution is 6.12. The zero-order valence-corrected chi connectivity index (χ0v) is 20.7. The third-order valence-corrected chi connectivity index (χ3v) is 6.74. The minimum atomic E-state index is -4.72. The second-order valence-corrected chi connectivity index (χ2v) is 8.86. The number of ketones is 1. The van der Waals surface area contributed by atoms with Gasteiger partial charge in [0.25, 0.3) is 0 Å². The molecule has 1 unspecified atom stereocenters. The molecule has 1 saturated heterocycles. The van der Waals surface area contributed by atoms with Crippen LogP contribution in [0.1, 0.15) is 57.1 Å². The number of esters is 1. The van der Waals surface area contributed by atoms with Crippen molar-refractivity contribution < 1.29 is 32.6 Å². The number of alkyl halides is 3. The summed E-state index contributed by atoms with van der Waals surface area (Å²) in [6.07, 6.45) is 0.189. The first kappa shape index (κ1) is 27.3. The van der Waals surface area contributed by atoms with Crippen molar-refractivity contribution in [1.82, 2.24) is 9.80 Å². The summed E-state index contributed by atoms with van der Waals surface area (Å²) in [4.78, 5) is 30.4. The van der Waals surface area contributed by atoms with E-state index < -0.39 is 29.4 Å². The van der Waals surface area contributed by atoms with Crippen molar-refractivity contribution in [2.75, 3.05) is 32.8 Å². The molecule has 1 aromatic rings. The number of piperidine rings is 1. The minimum Gasteiger partial charge on any atom is -0.463 e. The lowest BCUT2D eigenvalue weighted by Crippen LogP contribution is -2.40. The molecule has 0 spiro atoms. The number of allylic oxidation sites excluding steroid dienone is 3. The normalized spacial score (nSPS) is 19.2. The number of ether oxygens (including phenoxy) is 1. The molecule has 0 aromatic heterocycles. The van der Waals surface area contributed by atoms with E-state index in [2.05, 4.69) is 10.8 Å². The third-order valence-electron chi connectivity index (χ3n) is 6.74. The monoisotopic (exact) mass is 504 g/mol. The van der Waals surface area contributed by atoms with Gasteiger partial charge in [-0.1, -0.05) is 24.6 Å². The molecule has 1 N–H and O–H groups in total. The molecule has 6 nitrogen and oxygen atoms in total. The molecule has 0 amide bonds. The molecule has 0 bridgehead atoms. The first-order valence-electron chi connectivity index (χ1n) is 12.1. The molecular weight excluding hydrogens is 473 g/mol. The highest BCUT2D eigenvalue weighted by atomic mass is 19.4. The number of carbonyl (C=O) groups excluding carboxylic acids is 2. The summed E-state index contributed by atoms with van der Waals surface area (Å²) < 4.78 is 47.4. The SMILES string of the molecule is CCOC(=O)C1=C(C)N(CCN2CCCCC2)C(C)=C(C(=O)C#CO)C1c1ccccc1C(F)(F)F. The molecule has 2 heterocycles. The van der Waals surface area contributed by atoms with Crippen LogP contribution in [0.25, 0.3) is 0 Å². The van der Waals surface area contributed by atoms with Gasteiger partial charge < -0.3 is 19.6 Å². The molecule has 2 aliphatic rings. The van der Waals surface area contributed by atoms with Crippen LogP contribution in [0.5, 0.6) is 0 Å². The van der Waals surface area contributed by atoms with Gasteiger partial charge in [0.1, 0.15) is 6.11 Å². The number of benzene rings is 1. The van der Waals surface area contributed by atoms with Crippen molar-refractivity contribution in [2.45, 2.75) is 52.1 Å². The van der Waals surface area contributed by atoms with Crippen LogP contribution in [0, 0.1) is 12.0 Å². The fraction of sp³-hybridized carbons (Fsp3) is 0.481. The van der Waals surface area contributed by atoms with E-state index in [0.717, 1.165) is 32.0 Å². The molecule has 1 atom stereocenters. The molecule has 9 heteroatoms. The second kappa shape index (κ2) is 11.7. The van der Waals surface area contributed by atoms with Crippen LogP contribution in [0.4, 0.5) is 13.2 Å². The van der Waals surface area contributed by atoms with Crippen molar-refractivity contribution in [1.29, 1.82) is 0 Å². The van der Waals surface area contributed by atoms with Crippen LogP contribution in [0.3, 0.4) is 0 Å². The van der Waals surface area contributed by atoms with E-state index in [0.29, 0.717) is 24.5 Å². The number of carbonyl (C=O) groups is 2. The maximum Gasteiger partial charge on any atom is 0.416 e. The Morgan fingerprint density at radius 2 is 1.69 bits per heavy atom. The van der Waals surface area contributed by atoms with E-state index in [-0.39, 0.29) is 23.3 Å². The Balaban J connectivity index is 2.21. The Labute approximate surface area is 209 Å². The van der Waals surface area contributed by atoms with Gasteiger partial charge in [0.2, 0.25) is 5.78 Å². The number of aliphatic hydroxyl groups excluding tert-OH is 1.